The van der Waals surface area contributed by atoms with Crippen LogP contribution in [0.3, 0.4) is 0 Å². The summed E-state index contributed by atoms with van der Waals surface area (Å²) in [5.41, 5.74) is 8.12. The Hall–Kier alpha value is -3.94. The number of para-hydroxylation sites is 2. The minimum Gasteiger partial charge on any atom is -0.480 e. The minimum absolute atomic E-state index is 0.0625. The summed E-state index contributed by atoms with van der Waals surface area (Å²) in [6.07, 6.45) is 2.34. The number of aromatic nitrogens is 2. The predicted molar refractivity (Wildman–Crippen MR) is 183 cm³/mol. The molecule has 0 amide bonds. The molecule has 0 saturated carbocycles. The molecule has 0 spiro atoms. The highest BCUT2D eigenvalue weighted by atomic mass is 32.1. The molecule has 3 aromatic carbocycles. The van der Waals surface area contributed by atoms with Crippen LogP contribution in [0.5, 0.6) is 0 Å². The smallest absolute Gasteiger partial charge is 0.317 e. The summed E-state index contributed by atoms with van der Waals surface area (Å²) in [6, 6.07) is 28.3. The van der Waals surface area contributed by atoms with Gasteiger partial charge < -0.3 is 15.0 Å². The SMILES string of the molecule is CCC(CC)c1ccc(N(Cc2ccc(-c3csc(CN(CC(=O)O)C(C)c4nc5ccccc5[nH]4)c3)cc2)C(C)C)cc1. The first-order valence-corrected chi connectivity index (χ1v) is 16.6. The average Bonchev–Trinajstić information content (AvgIpc) is 3.68. The van der Waals surface area contributed by atoms with Crippen molar-refractivity contribution < 1.29 is 9.90 Å². The number of carboxylic acids is 1. The Kier molecular flexibility index (Phi) is 10.2. The van der Waals surface area contributed by atoms with Gasteiger partial charge in [-0.3, -0.25) is 9.69 Å². The quantitative estimate of drug-likeness (QED) is 0.131. The zero-order chi connectivity index (χ0) is 31.2. The Balaban J connectivity index is 1.27. The Morgan fingerprint density at radius 3 is 2.25 bits per heavy atom. The molecule has 1 unspecified atom stereocenters. The van der Waals surface area contributed by atoms with Gasteiger partial charge in [-0.15, -0.1) is 11.3 Å². The van der Waals surface area contributed by atoms with Gasteiger partial charge in [0.2, 0.25) is 0 Å². The number of hydrogen-bond donors (Lipinski definition) is 2. The van der Waals surface area contributed by atoms with Crippen molar-refractivity contribution in [2.24, 2.45) is 0 Å². The molecule has 0 bridgehead atoms. The van der Waals surface area contributed by atoms with Crippen LogP contribution in [0.15, 0.2) is 84.2 Å². The topological polar surface area (TPSA) is 72.5 Å². The highest BCUT2D eigenvalue weighted by Crippen LogP contribution is 2.31. The summed E-state index contributed by atoms with van der Waals surface area (Å²) in [7, 11) is 0. The molecule has 0 aliphatic rings. The Morgan fingerprint density at radius 1 is 0.909 bits per heavy atom. The van der Waals surface area contributed by atoms with Crippen LogP contribution >= 0.6 is 11.3 Å². The minimum atomic E-state index is -0.849. The van der Waals surface area contributed by atoms with E-state index in [0.29, 0.717) is 18.5 Å². The number of hydrogen-bond acceptors (Lipinski definition) is 5. The zero-order valence-corrected chi connectivity index (χ0v) is 27.3. The summed E-state index contributed by atoms with van der Waals surface area (Å²) >= 11 is 1.67. The van der Waals surface area contributed by atoms with Gasteiger partial charge in [0.25, 0.3) is 0 Å². The number of benzene rings is 3. The molecule has 0 aliphatic carbocycles. The van der Waals surface area contributed by atoms with E-state index in [1.165, 1.54) is 29.7 Å². The number of aliphatic carboxylic acids is 1. The second-order valence-electron chi connectivity index (χ2n) is 11.9. The second kappa shape index (κ2) is 14.2. The lowest BCUT2D eigenvalue weighted by Gasteiger charge is -2.30. The fourth-order valence-corrected chi connectivity index (χ4v) is 6.85. The monoisotopic (exact) mass is 608 g/mol. The third-order valence-corrected chi connectivity index (χ3v) is 9.57. The van der Waals surface area contributed by atoms with Gasteiger partial charge in [0.05, 0.1) is 23.6 Å². The lowest BCUT2D eigenvalue weighted by molar-refractivity contribution is -0.139. The first kappa shape index (κ1) is 31.5. The molecule has 2 heterocycles. The van der Waals surface area contributed by atoms with Crippen LogP contribution < -0.4 is 4.90 Å². The summed E-state index contributed by atoms with van der Waals surface area (Å²) < 4.78 is 0. The summed E-state index contributed by atoms with van der Waals surface area (Å²) in [4.78, 5) is 25.4. The van der Waals surface area contributed by atoms with Crippen molar-refractivity contribution in [2.45, 2.75) is 78.6 Å². The third kappa shape index (κ3) is 7.40. The number of carboxylic acid groups (broad SMARTS) is 1. The molecule has 2 N–H and O–H groups in total. The highest BCUT2D eigenvalue weighted by molar-refractivity contribution is 7.10. The van der Waals surface area contributed by atoms with Crippen molar-refractivity contribution in [3.63, 3.8) is 0 Å². The van der Waals surface area contributed by atoms with Crippen LogP contribution in [0.4, 0.5) is 5.69 Å². The molecule has 1 atom stereocenters. The van der Waals surface area contributed by atoms with Gasteiger partial charge in [0.15, 0.2) is 0 Å². The highest BCUT2D eigenvalue weighted by Gasteiger charge is 2.22. The van der Waals surface area contributed by atoms with Crippen molar-refractivity contribution in [2.75, 3.05) is 11.4 Å². The first-order valence-electron chi connectivity index (χ1n) is 15.7. The fraction of sp³-hybridized carbons (Fsp3) is 0.351. The molecule has 0 fully saturated rings. The number of thiophene rings is 1. The van der Waals surface area contributed by atoms with Gasteiger partial charge in [-0.2, -0.15) is 0 Å². The molecular weight excluding hydrogens is 565 g/mol. The van der Waals surface area contributed by atoms with Gasteiger partial charge in [0.1, 0.15) is 5.82 Å². The van der Waals surface area contributed by atoms with E-state index in [9.17, 15) is 9.90 Å². The fourth-order valence-electron chi connectivity index (χ4n) is 5.93. The number of fused-ring (bicyclic) bond motifs is 1. The van der Waals surface area contributed by atoms with E-state index in [1.54, 1.807) is 11.3 Å². The van der Waals surface area contributed by atoms with Gasteiger partial charge in [-0.1, -0.05) is 62.4 Å². The Morgan fingerprint density at radius 2 is 1.61 bits per heavy atom. The lowest BCUT2D eigenvalue weighted by Crippen LogP contribution is -2.32. The Bertz CT molecular complexity index is 1620. The standard InChI is InChI=1S/C37H44N4O2S/c1-6-28(7-2)29-16-18-32(19-17-29)41(25(3)4)21-27-12-14-30(15-13-27)31-20-33(44-24-31)22-40(23-36(42)43)26(5)37-38-34-10-8-9-11-35(34)39-37/h8-20,24-26,28H,6-7,21-23H2,1-5H3,(H,38,39)(H,42,43). The number of H-pyrrole nitrogens is 1. The van der Waals surface area contributed by atoms with E-state index in [1.807, 2.05) is 36.1 Å². The van der Waals surface area contributed by atoms with Crippen LogP contribution in [0.2, 0.25) is 0 Å². The van der Waals surface area contributed by atoms with Crippen molar-refractivity contribution in [1.29, 1.82) is 0 Å². The van der Waals surface area contributed by atoms with E-state index >= 15 is 0 Å². The summed E-state index contributed by atoms with van der Waals surface area (Å²) in [5.74, 6) is 0.553. The molecule has 5 rings (SSSR count). The molecule has 5 aromatic rings. The van der Waals surface area contributed by atoms with Crippen LogP contribution in [0, 0.1) is 0 Å². The van der Waals surface area contributed by atoms with E-state index in [2.05, 4.69) is 97.6 Å². The molecule has 7 heteroatoms. The van der Waals surface area contributed by atoms with E-state index < -0.39 is 5.97 Å². The molecule has 230 valence electrons. The molecule has 2 aromatic heterocycles. The normalized spacial score (nSPS) is 12.5. The van der Waals surface area contributed by atoms with Gasteiger partial charge in [0, 0.05) is 29.7 Å². The number of aromatic amines is 1. The zero-order valence-electron chi connectivity index (χ0n) is 26.5. The molecule has 0 saturated heterocycles. The molecular formula is C37H44N4O2S. The van der Waals surface area contributed by atoms with Crippen LogP contribution in [-0.2, 0) is 17.9 Å². The third-order valence-electron chi connectivity index (χ3n) is 8.65. The van der Waals surface area contributed by atoms with Crippen LogP contribution in [0.1, 0.15) is 81.2 Å². The Labute approximate surface area is 265 Å². The predicted octanol–water partition coefficient (Wildman–Crippen LogP) is 9.26. The maximum Gasteiger partial charge on any atom is 0.317 e. The average molecular weight is 609 g/mol. The number of nitrogens with zero attached hydrogens (tertiary/aromatic N) is 3. The first-order chi connectivity index (χ1) is 21.2. The van der Waals surface area contributed by atoms with E-state index in [-0.39, 0.29) is 12.6 Å². The lowest BCUT2D eigenvalue weighted by atomic mass is 9.94. The van der Waals surface area contributed by atoms with E-state index in [0.717, 1.165) is 39.4 Å². The molecule has 44 heavy (non-hydrogen) atoms. The molecule has 6 nitrogen and oxygen atoms in total. The van der Waals surface area contributed by atoms with E-state index in [4.69, 9.17) is 4.98 Å². The molecule has 0 radical (unpaired) electrons. The summed E-state index contributed by atoms with van der Waals surface area (Å²) in [6.45, 7) is 12.4. The van der Waals surface area contributed by atoms with Gasteiger partial charge >= 0.3 is 5.97 Å². The number of rotatable bonds is 14. The van der Waals surface area contributed by atoms with Crippen molar-refractivity contribution in [3.05, 3.63) is 106 Å². The van der Waals surface area contributed by atoms with Crippen molar-refractivity contribution in [1.82, 2.24) is 14.9 Å². The van der Waals surface area contributed by atoms with Gasteiger partial charge in [-0.25, -0.2) is 4.98 Å². The maximum atomic E-state index is 11.8. The number of carbonyl (C=O) groups is 1. The van der Waals surface area contributed by atoms with Gasteiger partial charge in [-0.05, 0) is 97.5 Å². The maximum absolute atomic E-state index is 11.8. The largest absolute Gasteiger partial charge is 0.480 e. The number of nitrogens with one attached hydrogen (secondary N) is 1. The van der Waals surface area contributed by atoms with Crippen molar-refractivity contribution in [3.8, 4) is 11.1 Å². The summed E-state index contributed by atoms with van der Waals surface area (Å²) in [5, 5.41) is 11.8. The van der Waals surface area contributed by atoms with Crippen LogP contribution in [0.25, 0.3) is 22.2 Å². The number of imidazole rings is 1. The van der Waals surface area contributed by atoms with Crippen molar-refractivity contribution >= 4 is 34.0 Å². The van der Waals surface area contributed by atoms with Crippen LogP contribution in [-0.4, -0.2) is 38.5 Å². The second-order valence-corrected chi connectivity index (χ2v) is 12.9. The molecule has 0 aliphatic heterocycles. The number of anilines is 1.